The molecule has 3 nitrogen and oxygen atoms in total. The third-order valence-electron chi connectivity index (χ3n) is 3.20. The molecule has 0 spiro atoms. The van der Waals surface area contributed by atoms with Crippen molar-refractivity contribution in [2.75, 3.05) is 7.11 Å². The molecule has 1 aliphatic rings. The van der Waals surface area contributed by atoms with Crippen LogP contribution in [0.25, 0.3) is 0 Å². The van der Waals surface area contributed by atoms with Gasteiger partial charge in [0.05, 0.1) is 12.7 Å². The van der Waals surface area contributed by atoms with Crippen LogP contribution in [0.4, 0.5) is 0 Å². The van der Waals surface area contributed by atoms with Crippen molar-refractivity contribution in [2.24, 2.45) is 0 Å². The lowest BCUT2D eigenvalue weighted by Gasteiger charge is -2.20. The Hall–Kier alpha value is -1.22. The van der Waals surface area contributed by atoms with E-state index in [1.165, 1.54) is 7.11 Å². The van der Waals surface area contributed by atoms with Crippen molar-refractivity contribution in [3.8, 4) is 11.5 Å². The number of rotatable bonds is 3. The van der Waals surface area contributed by atoms with Crippen molar-refractivity contribution in [1.29, 1.82) is 0 Å². The molecule has 3 heteroatoms. The molecule has 0 radical (unpaired) electrons. The molecule has 0 unspecified atom stereocenters. The van der Waals surface area contributed by atoms with Crippen LogP contribution in [0.2, 0.25) is 0 Å². The summed E-state index contributed by atoms with van der Waals surface area (Å²) < 4.78 is 5.08. The average Bonchev–Trinajstić information content (AvgIpc) is 2.96. The predicted octanol–water partition coefficient (Wildman–Crippen LogP) is 2.51. The minimum atomic E-state index is -0.835. The summed E-state index contributed by atoms with van der Waals surface area (Å²) in [5.41, 5.74) is 0.818. The Morgan fingerprint density at radius 1 is 1.31 bits per heavy atom. The highest BCUT2D eigenvalue weighted by atomic mass is 16.5. The van der Waals surface area contributed by atoms with Gasteiger partial charge in [0.1, 0.15) is 0 Å². The number of methoxy groups -OCH3 is 1. The van der Waals surface area contributed by atoms with Crippen molar-refractivity contribution in [3.63, 3.8) is 0 Å². The summed E-state index contributed by atoms with van der Waals surface area (Å²) in [5.74, 6) is 0.796. The van der Waals surface area contributed by atoms with Gasteiger partial charge in [-0.05, 0) is 30.4 Å². The van der Waals surface area contributed by atoms with E-state index in [9.17, 15) is 10.2 Å². The Bertz CT molecular complexity index is 406. The van der Waals surface area contributed by atoms with Crippen LogP contribution in [0.15, 0.2) is 12.1 Å². The quantitative estimate of drug-likeness (QED) is 0.826. The first kappa shape index (κ1) is 11.3. The molecule has 0 atom stereocenters. The van der Waals surface area contributed by atoms with Gasteiger partial charge < -0.3 is 14.9 Å². The van der Waals surface area contributed by atoms with E-state index in [1.54, 1.807) is 6.07 Å². The third-order valence-corrected chi connectivity index (χ3v) is 3.20. The molecule has 1 aromatic carbocycles. The molecule has 0 saturated heterocycles. The lowest BCUT2D eigenvalue weighted by molar-refractivity contribution is 0.145. The van der Waals surface area contributed by atoms with Crippen molar-refractivity contribution < 1.29 is 14.9 Å². The van der Waals surface area contributed by atoms with E-state index in [1.807, 2.05) is 6.07 Å². The maximum atomic E-state index is 10.2. The summed E-state index contributed by atoms with van der Waals surface area (Å²) in [4.78, 5) is 0. The summed E-state index contributed by atoms with van der Waals surface area (Å²) in [6.07, 6.45) is 1.43. The summed E-state index contributed by atoms with van der Waals surface area (Å²) >= 11 is 0. The number of phenolic OH excluding ortho intramolecular Hbond substituents is 1. The Labute approximate surface area is 95.7 Å². The molecular weight excluding hydrogens is 204 g/mol. The van der Waals surface area contributed by atoms with Crippen molar-refractivity contribution in [1.82, 2.24) is 0 Å². The van der Waals surface area contributed by atoms with Crippen LogP contribution in [0.1, 0.15) is 43.7 Å². The highest BCUT2D eigenvalue weighted by Gasteiger charge is 2.46. The molecule has 2 rings (SSSR count). The minimum Gasteiger partial charge on any atom is -0.504 e. The molecule has 1 saturated carbocycles. The van der Waals surface area contributed by atoms with Gasteiger partial charge in [0.15, 0.2) is 11.5 Å². The SMILES string of the molecule is COc1ccc(C(C)C)c(C2(O)CC2)c1O. The molecule has 0 aliphatic heterocycles. The van der Waals surface area contributed by atoms with Crippen LogP contribution in [0.3, 0.4) is 0 Å². The monoisotopic (exact) mass is 222 g/mol. The fraction of sp³-hybridized carbons (Fsp3) is 0.538. The van der Waals surface area contributed by atoms with Crippen LogP contribution in [0.5, 0.6) is 11.5 Å². The van der Waals surface area contributed by atoms with Gasteiger partial charge in [-0.15, -0.1) is 0 Å². The van der Waals surface area contributed by atoms with E-state index < -0.39 is 5.60 Å². The number of hydrogen-bond acceptors (Lipinski definition) is 3. The Balaban J connectivity index is 2.60. The first-order chi connectivity index (χ1) is 7.49. The first-order valence-electron chi connectivity index (χ1n) is 5.62. The molecule has 1 aromatic rings. The highest BCUT2D eigenvalue weighted by Crippen LogP contribution is 2.53. The van der Waals surface area contributed by atoms with Gasteiger partial charge in [-0.2, -0.15) is 0 Å². The third kappa shape index (κ3) is 1.65. The minimum absolute atomic E-state index is 0.0914. The van der Waals surface area contributed by atoms with Gasteiger partial charge in [0.25, 0.3) is 0 Å². The maximum Gasteiger partial charge on any atom is 0.164 e. The largest absolute Gasteiger partial charge is 0.504 e. The van der Waals surface area contributed by atoms with Gasteiger partial charge in [0, 0.05) is 5.56 Å². The maximum absolute atomic E-state index is 10.2. The summed E-state index contributed by atoms with van der Waals surface area (Å²) in [6.45, 7) is 4.10. The van der Waals surface area contributed by atoms with E-state index in [2.05, 4.69) is 13.8 Å². The number of aromatic hydroxyl groups is 1. The predicted molar refractivity (Wildman–Crippen MR) is 61.9 cm³/mol. The Kier molecular flexibility index (Phi) is 2.58. The lowest BCUT2D eigenvalue weighted by Crippen LogP contribution is -2.10. The molecule has 0 aromatic heterocycles. The zero-order chi connectivity index (χ0) is 11.9. The number of aliphatic hydroxyl groups is 1. The Morgan fingerprint density at radius 3 is 2.38 bits per heavy atom. The Morgan fingerprint density at radius 2 is 1.94 bits per heavy atom. The van der Waals surface area contributed by atoms with Gasteiger partial charge in [0.2, 0.25) is 0 Å². The van der Waals surface area contributed by atoms with Crippen molar-refractivity contribution in [2.45, 2.75) is 38.2 Å². The van der Waals surface area contributed by atoms with Crippen LogP contribution < -0.4 is 4.74 Å². The summed E-state index contributed by atoms with van der Waals surface area (Å²) in [6, 6.07) is 3.68. The van der Waals surface area contributed by atoms with E-state index in [0.29, 0.717) is 24.2 Å². The van der Waals surface area contributed by atoms with Crippen LogP contribution in [-0.2, 0) is 5.60 Å². The average molecular weight is 222 g/mol. The molecule has 2 N–H and O–H groups in total. The molecular formula is C13H18O3. The summed E-state index contributed by atoms with van der Waals surface area (Å²) in [5, 5.41) is 20.3. The zero-order valence-electron chi connectivity index (χ0n) is 9.95. The topological polar surface area (TPSA) is 49.7 Å². The standard InChI is InChI=1S/C13H18O3/c1-8(2)9-4-5-10(16-3)12(14)11(9)13(15)6-7-13/h4-5,8,14-15H,6-7H2,1-3H3. The van der Waals surface area contributed by atoms with E-state index >= 15 is 0 Å². The van der Waals surface area contributed by atoms with Crippen molar-refractivity contribution in [3.05, 3.63) is 23.3 Å². The van der Waals surface area contributed by atoms with E-state index in [0.717, 1.165) is 5.56 Å². The van der Waals surface area contributed by atoms with Crippen LogP contribution in [0, 0.1) is 0 Å². The molecule has 88 valence electrons. The van der Waals surface area contributed by atoms with Gasteiger partial charge >= 0.3 is 0 Å². The summed E-state index contributed by atoms with van der Waals surface area (Å²) in [7, 11) is 1.52. The number of hydrogen-bond donors (Lipinski definition) is 2. The second kappa shape index (κ2) is 3.67. The fourth-order valence-electron chi connectivity index (χ4n) is 2.09. The molecule has 16 heavy (non-hydrogen) atoms. The zero-order valence-corrected chi connectivity index (χ0v) is 9.95. The van der Waals surface area contributed by atoms with Crippen molar-refractivity contribution >= 4 is 0 Å². The normalized spacial score (nSPS) is 17.6. The highest BCUT2D eigenvalue weighted by molar-refractivity contribution is 5.55. The second-order valence-corrected chi connectivity index (χ2v) is 4.77. The van der Waals surface area contributed by atoms with E-state index in [-0.39, 0.29) is 11.7 Å². The molecule has 0 heterocycles. The molecule has 0 bridgehead atoms. The number of benzene rings is 1. The smallest absolute Gasteiger partial charge is 0.164 e. The van der Waals surface area contributed by atoms with Gasteiger partial charge in [-0.3, -0.25) is 0 Å². The number of phenols is 1. The van der Waals surface area contributed by atoms with Gasteiger partial charge in [-0.1, -0.05) is 19.9 Å². The molecule has 0 amide bonds. The fourth-order valence-corrected chi connectivity index (χ4v) is 2.09. The molecule has 1 aliphatic carbocycles. The van der Waals surface area contributed by atoms with Crippen LogP contribution in [-0.4, -0.2) is 17.3 Å². The van der Waals surface area contributed by atoms with Gasteiger partial charge in [-0.25, -0.2) is 0 Å². The number of ether oxygens (including phenoxy) is 1. The second-order valence-electron chi connectivity index (χ2n) is 4.77. The lowest BCUT2D eigenvalue weighted by atomic mass is 9.91. The molecule has 1 fully saturated rings. The van der Waals surface area contributed by atoms with E-state index in [4.69, 9.17) is 4.74 Å². The van der Waals surface area contributed by atoms with Crippen LogP contribution >= 0.6 is 0 Å². The first-order valence-corrected chi connectivity index (χ1v) is 5.62.